The number of amides is 1. The van der Waals surface area contributed by atoms with Crippen molar-refractivity contribution in [2.75, 3.05) is 20.2 Å². The summed E-state index contributed by atoms with van der Waals surface area (Å²) in [5.74, 6) is -0.128. The SMILES string of the molecule is COc1ccc(C(=O)N[C@H](C)c2ccc(Cl)cc2)cc1S(=O)(=O)N1CCCC1. The first kappa shape index (κ1) is 20.6. The second-order valence-corrected chi connectivity index (χ2v) is 9.07. The highest BCUT2D eigenvalue weighted by atomic mass is 35.5. The van der Waals surface area contributed by atoms with Gasteiger partial charge in [-0.3, -0.25) is 4.79 Å². The van der Waals surface area contributed by atoms with Crippen LogP contribution in [0, 0.1) is 0 Å². The molecule has 150 valence electrons. The predicted octanol–water partition coefficient (Wildman–Crippen LogP) is 3.62. The number of nitrogens with one attached hydrogen (secondary N) is 1. The average molecular weight is 423 g/mol. The first-order chi connectivity index (χ1) is 13.3. The Morgan fingerprint density at radius 2 is 1.79 bits per heavy atom. The normalized spacial score (nSPS) is 16.0. The van der Waals surface area contributed by atoms with E-state index in [1.54, 1.807) is 18.2 Å². The standard InChI is InChI=1S/C20H23ClN2O4S/c1-14(15-5-8-17(21)9-6-15)22-20(24)16-7-10-18(27-2)19(13-16)28(25,26)23-11-3-4-12-23/h5-10,13-14H,3-4,11-12H2,1-2H3,(H,22,24)/t14-/m1/s1. The third kappa shape index (κ3) is 4.32. The zero-order chi connectivity index (χ0) is 20.3. The molecule has 0 unspecified atom stereocenters. The fraction of sp³-hybridized carbons (Fsp3) is 0.350. The summed E-state index contributed by atoms with van der Waals surface area (Å²) in [7, 11) is -2.29. The van der Waals surface area contributed by atoms with Crippen LogP contribution in [-0.4, -0.2) is 38.8 Å². The summed E-state index contributed by atoms with van der Waals surface area (Å²) >= 11 is 5.90. The Balaban J connectivity index is 1.86. The first-order valence-corrected chi connectivity index (χ1v) is 10.9. The highest BCUT2D eigenvalue weighted by Gasteiger charge is 2.30. The maximum absolute atomic E-state index is 13.0. The number of benzene rings is 2. The van der Waals surface area contributed by atoms with Crippen molar-refractivity contribution in [3.8, 4) is 5.75 Å². The van der Waals surface area contributed by atoms with Crippen LogP contribution >= 0.6 is 11.6 Å². The van der Waals surface area contributed by atoms with Gasteiger partial charge in [-0.15, -0.1) is 0 Å². The van der Waals surface area contributed by atoms with Gasteiger partial charge in [0.2, 0.25) is 10.0 Å². The Labute approximate surface area is 170 Å². The van der Waals surface area contributed by atoms with Gasteiger partial charge in [-0.25, -0.2) is 8.42 Å². The van der Waals surface area contributed by atoms with E-state index < -0.39 is 10.0 Å². The van der Waals surface area contributed by atoms with Gasteiger partial charge in [0.05, 0.1) is 13.2 Å². The summed E-state index contributed by atoms with van der Waals surface area (Å²) in [4.78, 5) is 12.7. The Hall–Kier alpha value is -2.09. The van der Waals surface area contributed by atoms with Crippen molar-refractivity contribution in [3.63, 3.8) is 0 Å². The smallest absolute Gasteiger partial charge is 0.251 e. The summed E-state index contributed by atoms with van der Waals surface area (Å²) in [5, 5.41) is 3.51. The molecule has 1 saturated heterocycles. The van der Waals surface area contributed by atoms with Crippen LogP contribution in [0.2, 0.25) is 5.02 Å². The quantitative estimate of drug-likeness (QED) is 0.771. The van der Waals surface area contributed by atoms with E-state index in [2.05, 4.69) is 5.32 Å². The summed E-state index contributed by atoms with van der Waals surface area (Å²) < 4.78 is 32.6. The van der Waals surface area contributed by atoms with Crippen molar-refractivity contribution in [2.45, 2.75) is 30.7 Å². The minimum atomic E-state index is -3.71. The Bertz CT molecular complexity index is 955. The van der Waals surface area contributed by atoms with E-state index in [1.807, 2.05) is 19.1 Å². The molecule has 0 aromatic heterocycles. The van der Waals surface area contributed by atoms with E-state index in [9.17, 15) is 13.2 Å². The number of hydrogen-bond donors (Lipinski definition) is 1. The zero-order valence-electron chi connectivity index (χ0n) is 15.8. The van der Waals surface area contributed by atoms with Crippen molar-refractivity contribution in [1.29, 1.82) is 0 Å². The van der Waals surface area contributed by atoms with Crippen LogP contribution in [0.3, 0.4) is 0 Å². The molecule has 1 aliphatic rings. The Morgan fingerprint density at radius 1 is 1.14 bits per heavy atom. The molecule has 0 bridgehead atoms. The van der Waals surface area contributed by atoms with Crippen LogP contribution in [0.15, 0.2) is 47.4 Å². The first-order valence-electron chi connectivity index (χ1n) is 9.07. The monoisotopic (exact) mass is 422 g/mol. The molecule has 0 spiro atoms. The predicted molar refractivity (Wildman–Crippen MR) is 108 cm³/mol. The molecule has 1 aliphatic heterocycles. The van der Waals surface area contributed by atoms with Gasteiger partial charge in [0.25, 0.3) is 5.91 Å². The molecule has 0 aliphatic carbocycles. The van der Waals surface area contributed by atoms with Crippen LogP contribution in [0.5, 0.6) is 5.75 Å². The van der Waals surface area contributed by atoms with E-state index in [1.165, 1.54) is 23.5 Å². The topological polar surface area (TPSA) is 75.7 Å². The van der Waals surface area contributed by atoms with Crippen molar-refractivity contribution in [3.05, 3.63) is 58.6 Å². The van der Waals surface area contributed by atoms with Crippen molar-refractivity contribution < 1.29 is 17.9 Å². The number of halogens is 1. The Morgan fingerprint density at radius 3 is 2.39 bits per heavy atom. The molecule has 0 radical (unpaired) electrons. The lowest BCUT2D eigenvalue weighted by Crippen LogP contribution is -2.29. The third-order valence-corrected chi connectivity index (χ3v) is 7.00. The molecule has 2 aromatic carbocycles. The van der Waals surface area contributed by atoms with Crippen LogP contribution in [0.25, 0.3) is 0 Å². The molecule has 1 atom stereocenters. The van der Waals surface area contributed by atoms with E-state index in [4.69, 9.17) is 16.3 Å². The van der Waals surface area contributed by atoms with E-state index in [0.717, 1.165) is 18.4 Å². The van der Waals surface area contributed by atoms with Crippen LogP contribution in [-0.2, 0) is 10.0 Å². The molecular weight excluding hydrogens is 400 g/mol. The molecule has 2 aromatic rings. The fourth-order valence-corrected chi connectivity index (χ4v) is 5.03. The lowest BCUT2D eigenvalue weighted by Gasteiger charge is -2.19. The number of carbonyl (C=O) groups is 1. The number of nitrogens with zero attached hydrogens (tertiary/aromatic N) is 1. The number of sulfonamides is 1. The minimum Gasteiger partial charge on any atom is -0.495 e. The summed E-state index contributed by atoms with van der Waals surface area (Å²) in [6.07, 6.45) is 1.67. The van der Waals surface area contributed by atoms with Crippen LogP contribution in [0.1, 0.15) is 41.7 Å². The fourth-order valence-electron chi connectivity index (χ4n) is 3.20. The zero-order valence-corrected chi connectivity index (χ0v) is 17.4. The van der Waals surface area contributed by atoms with Gasteiger partial charge in [0, 0.05) is 23.7 Å². The van der Waals surface area contributed by atoms with Gasteiger partial charge in [0.1, 0.15) is 10.6 Å². The number of ether oxygens (including phenoxy) is 1. The summed E-state index contributed by atoms with van der Waals surface area (Å²) in [6.45, 7) is 2.82. The Kier molecular flexibility index (Phi) is 6.27. The molecule has 1 heterocycles. The van der Waals surface area contributed by atoms with Crippen molar-refractivity contribution in [1.82, 2.24) is 9.62 Å². The van der Waals surface area contributed by atoms with Gasteiger partial charge in [-0.1, -0.05) is 23.7 Å². The number of rotatable bonds is 6. The molecular formula is C20H23ClN2O4S. The average Bonchev–Trinajstić information content (AvgIpc) is 3.23. The lowest BCUT2D eigenvalue weighted by atomic mass is 10.1. The molecule has 3 rings (SSSR count). The van der Waals surface area contributed by atoms with Crippen LogP contribution < -0.4 is 10.1 Å². The summed E-state index contributed by atoms with van der Waals surface area (Å²) in [5.41, 5.74) is 1.16. The molecule has 1 N–H and O–H groups in total. The highest BCUT2D eigenvalue weighted by molar-refractivity contribution is 7.89. The lowest BCUT2D eigenvalue weighted by molar-refractivity contribution is 0.0939. The van der Waals surface area contributed by atoms with Gasteiger partial charge < -0.3 is 10.1 Å². The largest absolute Gasteiger partial charge is 0.495 e. The minimum absolute atomic E-state index is 0.0173. The molecule has 28 heavy (non-hydrogen) atoms. The second-order valence-electron chi connectivity index (χ2n) is 6.72. The second kappa shape index (κ2) is 8.51. The number of carbonyl (C=O) groups excluding carboxylic acids is 1. The maximum atomic E-state index is 13.0. The van der Waals surface area contributed by atoms with Crippen molar-refractivity contribution in [2.24, 2.45) is 0 Å². The molecule has 1 amide bonds. The van der Waals surface area contributed by atoms with Gasteiger partial charge in [-0.05, 0) is 55.7 Å². The van der Waals surface area contributed by atoms with Gasteiger partial charge in [-0.2, -0.15) is 4.31 Å². The number of hydrogen-bond acceptors (Lipinski definition) is 4. The van der Waals surface area contributed by atoms with Gasteiger partial charge in [0.15, 0.2) is 0 Å². The van der Waals surface area contributed by atoms with E-state index in [-0.39, 0.29) is 28.2 Å². The van der Waals surface area contributed by atoms with Crippen molar-refractivity contribution >= 4 is 27.5 Å². The molecule has 1 fully saturated rings. The molecule has 0 saturated carbocycles. The summed E-state index contributed by atoms with van der Waals surface area (Å²) in [6, 6.07) is 11.4. The number of methoxy groups -OCH3 is 1. The molecule has 8 heteroatoms. The highest BCUT2D eigenvalue weighted by Crippen LogP contribution is 2.30. The van der Waals surface area contributed by atoms with Crippen LogP contribution in [0.4, 0.5) is 0 Å². The van der Waals surface area contributed by atoms with E-state index >= 15 is 0 Å². The maximum Gasteiger partial charge on any atom is 0.251 e. The van der Waals surface area contributed by atoms with Gasteiger partial charge >= 0.3 is 0 Å². The van der Waals surface area contributed by atoms with E-state index in [0.29, 0.717) is 18.1 Å². The third-order valence-electron chi connectivity index (χ3n) is 4.83. The molecule has 6 nitrogen and oxygen atoms in total.